The van der Waals surface area contributed by atoms with Gasteiger partial charge in [0.05, 0.1) is 12.1 Å². The highest BCUT2D eigenvalue weighted by molar-refractivity contribution is 9.10. The quantitative estimate of drug-likeness (QED) is 0.461. The van der Waals surface area contributed by atoms with Crippen LogP contribution >= 0.6 is 15.9 Å². The van der Waals surface area contributed by atoms with Gasteiger partial charge in [0.1, 0.15) is 0 Å². The van der Waals surface area contributed by atoms with Gasteiger partial charge in [-0.2, -0.15) is 0 Å². The zero-order valence-electron chi connectivity index (χ0n) is 12.4. The van der Waals surface area contributed by atoms with Crippen LogP contribution in [0.5, 0.6) is 0 Å². The molecule has 4 aromatic rings. The van der Waals surface area contributed by atoms with Crippen molar-refractivity contribution >= 4 is 37.6 Å². The topological polar surface area (TPSA) is 22.0 Å². The van der Waals surface area contributed by atoms with Gasteiger partial charge >= 0.3 is 0 Å². The van der Waals surface area contributed by atoms with E-state index < -0.39 is 0 Å². The number of benzene rings is 3. The van der Waals surface area contributed by atoms with E-state index in [1.165, 1.54) is 0 Å². The third-order valence-electron chi connectivity index (χ3n) is 4.13. The zero-order chi connectivity index (χ0) is 15.8. The van der Waals surface area contributed by atoms with E-state index in [9.17, 15) is 4.79 Å². The number of halogens is 1. The van der Waals surface area contributed by atoms with Gasteiger partial charge in [-0.25, -0.2) is 0 Å². The molecule has 0 unspecified atom stereocenters. The Morgan fingerprint density at radius 3 is 2.26 bits per heavy atom. The van der Waals surface area contributed by atoms with Crippen LogP contribution in [-0.2, 0) is 6.54 Å². The first-order chi connectivity index (χ1) is 11.2. The summed E-state index contributed by atoms with van der Waals surface area (Å²) >= 11 is 3.54. The van der Waals surface area contributed by atoms with Crippen molar-refractivity contribution in [2.24, 2.45) is 0 Å². The average molecular weight is 364 g/mol. The Kier molecular flexibility index (Phi) is 3.50. The number of pyridine rings is 1. The molecule has 0 fully saturated rings. The van der Waals surface area contributed by atoms with E-state index in [0.29, 0.717) is 6.54 Å². The molecular formula is C20H14BrNO. The molecule has 0 spiro atoms. The Bertz CT molecular complexity index is 1070. The van der Waals surface area contributed by atoms with Gasteiger partial charge in [-0.1, -0.05) is 64.5 Å². The van der Waals surface area contributed by atoms with E-state index in [0.717, 1.165) is 31.7 Å². The minimum Gasteiger partial charge on any atom is -0.303 e. The van der Waals surface area contributed by atoms with Crippen LogP contribution < -0.4 is 5.56 Å². The Morgan fingerprint density at radius 2 is 1.48 bits per heavy atom. The number of aromatic nitrogens is 1. The molecule has 0 atom stereocenters. The standard InChI is InChI=1S/C20H14BrNO/c21-15-10-11-19-18(12-15)16-8-4-5-9-17(16)20(23)22(19)13-14-6-2-1-3-7-14/h1-12H,13H2. The summed E-state index contributed by atoms with van der Waals surface area (Å²) in [6.07, 6.45) is 0. The second kappa shape index (κ2) is 5.67. The first kappa shape index (κ1) is 14.2. The Hall–Kier alpha value is -2.39. The van der Waals surface area contributed by atoms with Crippen molar-refractivity contribution in [3.8, 4) is 0 Å². The lowest BCUT2D eigenvalue weighted by molar-refractivity contribution is 0.802. The van der Waals surface area contributed by atoms with Crippen molar-refractivity contribution in [1.82, 2.24) is 4.57 Å². The molecule has 0 bridgehead atoms. The van der Waals surface area contributed by atoms with Gasteiger partial charge in [0.25, 0.3) is 5.56 Å². The molecule has 0 radical (unpaired) electrons. The number of rotatable bonds is 2. The molecular weight excluding hydrogens is 350 g/mol. The maximum absolute atomic E-state index is 13.0. The highest BCUT2D eigenvalue weighted by atomic mass is 79.9. The summed E-state index contributed by atoms with van der Waals surface area (Å²) in [6.45, 7) is 0.572. The minimum atomic E-state index is 0.0549. The number of nitrogens with zero attached hydrogens (tertiary/aromatic N) is 1. The summed E-state index contributed by atoms with van der Waals surface area (Å²) in [5.74, 6) is 0. The lowest BCUT2D eigenvalue weighted by Crippen LogP contribution is -2.21. The molecule has 0 aliphatic carbocycles. The molecule has 4 rings (SSSR count). The van der Waals surface area contributed by atoms with Crippen molar-refractivity contribution in [2.75, 3.05) is 0 Å². The van der Waals surface area contributed by atoms with Crippen molar-refractivity contribution in [1.29, 1.82) is 0 Å². The average Bonchev–Trinajstić information content (AvgIpc) is 2.59. The monoisotopic (exact) mass is 363 g/mol. The maximum Gasteiger partial charge on any atom is 0.259 e. The van der Waals surface area contributed by atoms with Gasteiger partial charge in [-0.05, 0) is 35.2 Å². The van der Waals surface area contributed by atoms with Crippen LogP contribution in [0.1, 0.15) is 5.56 Å². The van der Waals surface area contributed by atoms with Crippen LogP contribution in [0.25, 0.3) is 21.7 Å². The van der Waals surface area contributed by atoms with Gasteiger partial charge in [-0.15, -0.1) is 0 Å². The smallest absolute Gasteiger partial charge is 0.259 e. The molecule has 0 saturated carbocycles. The molecule has 2 nitrogen and oxygen atoms in total. The van der Waals surface area contributed by atoms with Crippen LogP contribution in [0.15, 0.2) is 82.1 Å². The van der Waals surface area contributed by atoms with E-state index in [-0.39, 0.29) is 5.56 Å². The van der Waals surface area contributed by atoms with Gasteiger partial charge in [0.2, 0.25) is 0 Å². The summed E-state index contributed by atoms with van der Waals surface area (Å²) in [4.78, 5) is 13.0. The van der Waals surface area contributed by atoms with Gasteiger partial charge in [-0.3, -0.25) is 4.79 Å². The van der Waals surface area contributed by atoms with Crippen LogP contribution in [-0.4, -0.2) is 4.57 Å². The predicted octanol–water partition coefficient (Wildman–Crippen LogP) is 4.97. The van der Waals surface area contributed by atoms with Crippen molar-refractivity contribution in [3.05, 3.63) is 93.2 Å². The molecule has 1 heterocycles. The van der Waals surface area contributed by atoms with Crippen LogP contribution in [0.3, 0.4) is 0 Å². The van der Waals surface area contributed by atoms with E-state index in [2.05, 4.69) is 22.0 Å². The highest BCUT2D eigenvalue weighted by Gasteiger charge is 2.11. The second-order valence-electron chi connectivity index (χ2n) is 5.58. The SMILES string of the molecule is O=c1c2ccccc2c2cc(Br)ccc2n1Cc1ccccc1. The summed E-state index contributed by atoms with van der Waals surface area (Å²) in [5.41, 5.74) is 2.13. The Labute approximate surface area is 142 Å². The normalized spacial score (nSPS) is 11.2. The molecule has 23 heavy (non-hydrogen) atoms. The van der Waals surface area contributed by atoms with Crippen molar-refractivity contribution in [2.45, 2.75) is 6.54 Å². The van der Waals surface area contributed by atoms with E-state index in [4.69, 9.17) is 0 Å². The molecule has 0 aliphatic rings. The van der Waals surface area contributed by atoms with Crippen LogP contribution in [0, 0.1) is 0 Å². The lowest BCUT2D eigenvalue weighted by atomic mass is 10.1. The fourth-order valence-corrected chi connectivity index (χ4v) is 3.40. The minimum absolute atomic E-state index is 0.0549. The highest BCUT2D eigenvalue weighted by Crippen LogP contribution is 2.26. The van der Waals surface area contributed by atoms with E-state index in [1.54, 1.807) is 0 Å². The van der Waals surface area contributed by atoms with Gasteiger partial charge in [0, 0.05) is 15.2 Å². The Balaban J connectivity index is 2.09. The first-order valence-corrected chi connectivity index (χ1v) is 8.28. The molecule has 112 valence electrons. The Morgan fingerprint density at radius 1 is 0.783 bits per heavy atom. The molecule has 3 aromatic carbocycles. The predicted molar refractivity (Wildman–Crippen MR) is 99.0 cm³/mol. The van der Waals surface area contributed by atoms with Gasteiger partial charge < -0.3 is 4.57 Å². The van der Waals surface area contributed by atoms with Crippen LogP contribution in [0.4, 0.5) is 0 Å². The summed E-state index contributed by atoms with van der Waals surface area (Å²) in [7, 11) is 0. The number of hydrogen-bond donors (Lipinski definition) is 0. The summed E-state index contributed by atoms with van der Waals surface area (Å²) < 4.78 is 2.87. The third-order valence-corrected chi connectivity index (χ3v) is 4.62. The molecule has 0 aliphatic heterocycles. The summed E-state index contributed by atoms with van der Waals surface area (Å²) in [5, 5.41) is 2.85. The number of hydrogen-bond acceptors (Lipinski definition) is 1. The molecule has 0 saturated heterocycles. The van der Waals surface area contributed by atoms with Crippen LogP contribution in [0.2, 0.25) is 0 Å². The van der Waals surface area contributed by atoms with Gasteiger partial charge in [0.15, 0.2) is 0 Å². The second-order valence-corrected chi connectivity index (χ2v) is 6.50. The van der Waals surface area contributed by atoms with Crippen molar-refractivity contribution in [3.63, 3.8) is 0 Å². The van der Waals surface area contributed by atoms with Crippen molar-refractivity contribution < 1.29 is 0 Å². The van der Waals surface area contributed by atoms with E-state index in [1.807, 2.05) is 71.3 Å². The fraction of sp³-hybridized carbons (Fsp3) is 0.0500. The zero-order valence-corrected chi connectivity index (χ0v) is 14.0. The summed E-state index contributed by atoms with van der Waals surface area (Å²) in [6, 6.07) is 24.0. The molecule has 1 aromatic heterocycles. The number of fused-ring (bicyclic) bond motifs is 3. The molecule has 0 amide bonds. The largest absolute Gasteiger partial charge is 0.303 e. The first-order valence-electron chi connectivity index (χ1n) is 7.49. The van der Waals surface area contributed by atoms with E-state index >= 15 is 0 Å². The fourth-order valence-electron chi connectivity index (χ4n) is 3.04. The maximum atomic E-state index is 13.0. The molecule has 3 heteroatoms. The molecule has 0 N–H and O–H groups in total. The third kappa shape index (κ3) is 2.47. The lowest BCUT2D eigenvalue weighted by Gasteiger charge is -2.13.